The van der Waals surface area contributed by atoms with E-state index in [9.17, 15) is 4.79 Å². The molecule has 0 aliphatic carbocycles. The fourth-order valence-corrected chi connectivity index (χ4v) is 5.31. The van der Waals surface area contributed by atoms with Gasteiger partial charge in [0.25, 0.3) is 0 Å². The summed E-state index contributed by atoms with van der Waals surface area (Å²) in [7, 11) is 0. The zero-order valence-electron chi connectivity index (χ0n) is 17.8. The Morgan fingerprint density at radius 3 is 2.72 bits per heavy atom. The number of aryl methyl sites for hydroxylation is 1. The number of anilines is 1. The minimum Gasteiger partial charge on any atom is -0.282 e. The lowest BCUT2D eigenvalue weighted by molar-refractivity contribution is -0.118. The molecule has 2 heterocycles. The fraction of sp³-hybridized carbons (Fsp3) is 0.240. The van der Waals surface area contributed by atoms with Gasteiger partial charge in [0.2, 0.25) is 5.91 Å². The van der Waals surface area contributed by atoms with Crippen LogP contribution in [0.5, 0.6) is 0 Å². The predicted molar refractivity (Wildman–Crippen MR) is 136 cm³/mol. The summed E-state index contributed by atoms with van der Waals surface area (Å²) in [5.74, 6) is 0.937. The molecule has 0 bridgehead atoms. The van der Waals surface area contributed by atoms with Crippen molar-refractivity contribution in [3.8, 4) is 0 Å². The lowest BCUT2D eigenvalue weighted by Gasteiger charge is -2.19. The summed E-state index contributed by atoms with van der Waals surface area (Å²) in [6.45, 7) is 2.56. The number of hydrogen-bond acceptors (Lipinski definition) is 5. The Labute approximate surface area is 201 Å². The Morgan fingerprint density at radius 2 is 1.97 bits per heavy atom. The molecule has 0 aliphatic rings. The molecule has 0 saturated carbocycles. The quantitative estimate of drug-likeness (QED) is 0.190. The predicted octanol–water partition coefficient (Wildman–Crippen LogP) is 7.01. The molecule has 0 fully saturated rings. The number of nitrogens with zero attached hydrogens (tertiary/aromatic N) is 3. The Bertz CT molecular complexity index is 1180. The number of carbonyl (C=O) groups excluding carboxylic acids is 1. The molecule has 0 radical (unpaired) electrons. The van der Waals surface area contributed by atoms with E-state index in [0.29, 0.717) is 13.0 Å². The molecular formula is C25H24ClN3OS2. The van der Waals surface area contributed by atoms with Crippen LogP contribution in [0.2, 0.25) is 5.02 Å². The second kappa shape index (κ2) is 10.9. The molecule has 2 aromatic carbocycles. The SMILES string of the molecule is CCc1ccc2nc(N(Cc3ccccn3)C(=O)CCCSc3ccc(Cl)cc3)sc2c1. The number of thiazole rings is 1. The number of thioether (sulfide) groups is 1. The average Bonchev–Trinajstić information content (AvgIpc) is 3.25. The fourth-order valence-electron chi connectivity index (χ4n) is 3.29. The number of aromatic nitrogens is 2. The van der Waals surface area contributed by atoms with Crippen LogP contribution < -0.4 is 4.90 Å². The molecule has 0 atom stereocenters. The Balaban J connectivity index is 1.47. The molecule has 4 aromatic rings. The van der Waals surface area contributed by atoms with Crippen molar-refractivity contribution in [1.29, 1.82) is 0 Å². The minimum absolute atomic E-state index is 0.0714. The van der Waals surface area contributed by atoms with E-state index in [0.717, 1.165) is 49.6 Å². The lowest BCUT2D eigenvalue weighted by atomic mass is 10.2. The molecule has 164 valence electrons. The van der Waals surface area contributed by atoms with Crippen molar-refractivity contribution in [2.45, 2.75) is 37.6 Å². The second-order valence-electron chi connectivity index (χ2n) is 7.36. The first-order valence-electron chi connectivity index (χ1n) is 10.6. The van der Waals surface area contributed by atoms with Crippen molar-refractivity contribution < 1.29 is 4.79 Å². The topological polar surface area (TPSA) is 46.1 Å². The van der Waals surface area contributed by atoms with Gasteiger partial charge < -0.3 is 0 Å². The Kier molecular flexibility index (Phi) is 7.79. The molecule has 4 nitrogen and oxygen atoms in total. The van der Waals surface area contributed by atoms with Crippen molar-refractivity contribution in [1.82, 2.24) is 9.97 Å². The molecule has 0 N–H and O–H groups in total. The normalized spacial score (nSPS) is 11.1. The largest absolute Gasteiger partial charge is 0.282 e. The van der Waals surface area contributed by atoms with Gasteiger partial charge in [-0.1, -0.05) is 42.0 Å². The van der Waals surface area contributed by atoms with Gasteiger partial charge in [-0.3, -0.25) is 14.7 Å². The standard InChI is InChI=1S/C25H24ClN3OS2/c1-2-18-8-13-22-23(16-18)32-25(28-22)29(17-20-6-3-4-14-27-20)24(30)7-5-15-31-21-11-9-19(26)10-12-21/h3-4,6,8-14,16H,2,5,7,15,17H2,1H3. The smallest absolute Gasteiger partial charge is 0.229 e. The van der Waals surface area contributed by atoms with E-state index in [-0.39, 0.29) is 5.91 Å². The van der Waals surface area contributed by atoms with Crippen molar-refractivity contribution in [2.24, 2.45) is 0 Å². The van der Waals surface area contributed by atoms with Gasteiger partial charge in [-0.15, -0.1) is 11.8 Å². The van der Waals surface area contributed by atoms with Crippen molar-refractivity contribution in [3.63, 3.8) is 0 Å². The number of rotatable bonds is 9. The average molecular weight is 482 g/mol. The van der Waals surface area contributed by atoms with Crippen molar-refractivity contribution >= 4 is 56.0 Å². The van der Waals surface area contributed by atoms with E-state index in [1.807, 2.05) is 48.5 Å². The van der Waals surface area contributed by atoms with Crippen LogP contribution in [0, 0.1) is 0 Å². The number of fused-ring (bicyclic) bond motifs is 1. The molecule has 0 spiro atoms. The van der Waals surface area contributed by atoms with Gasteiger partial charge >= 0.3 is 0 Å². The van der Waals surface area contributed by atoms with Gasteiger partial charge in [-0.2, -0.15) is 0 Å². The summed E-state index contributed by atoms with van der Waals surface area (Å²) in [5, 5.41) is 1.46. The van der Waals surface area contributed by atoms with Gasteiger partial charge in [0.1, 0.15) is 0 Å². The van der Waals surface area contributed by atoms with E-state index < -0.39 is 0 Å². The van der Waals surface area contributed by atoms with Crippen LogP contribution in [0.4, 0.5) is 5.13 Å². The molecule has 7 heteroatoms. The molecule has 0 aliphatic heterocycles. The number of halogens is 1. The van der Waals surface area contributed by atoms with Crippen LogP contribution in [0.15, 0.2) is 71.8 Å². The lowest BCUT2D eigenvalue weighted by Crippen LogP contribution is -2.30. The van der Waals surface area contributed by atoms with Crippen molar-refractivity contribution in [3.05, 3.63) is 83.1 Å². The summed E-state index contributed by atoms with van der Waals surface area (Å²) in [6, 6.07) is 19.9. The van der Waals surface area contributed by atoms with E-state index in [2.05, 4.69) is 24.0 Å². The zero-order valence-corrected chi connectivity index (χ0v) is 20.2. The third-order valence-electron chi connectivity index (χ3n) is 5.05. The molecule has 4 rings (SSSR count). The monoisotopic (exact) mass is 481 g/mol. The number of amides is 1. The summed E-state index contributed by atoms with van der Waals surface area (Å²) >= 11 is 9.25. The molecule has 0 unspecified atom stereocenters. The molecule has 1 amide bonds. The van der Waals surface area contributed by atoms with Crippen LogP contribution in [0.3, 0.4) is 0 Å². The van der Waals surface area contributed by atoms with E-state index in [4.69, 9.17) is 16.6 Å². The van der Waals surface area contributed by atoms with E-state index in [1.54, 1.807) is 34.2 Å². The maximum Gasteiger partial charge on any atom is 0.229 e. The number of carbonyl (C=O) groups is 1. The van der Waals surface area contributed by atoms with Gasteiger partial charge in [-0.05, 0) is 72.7 Å². The number of hydrogen-bond donors (Lipinski definition) is 0. The van der Waals surface area contributed by atoms with Gasteiger partial charge in [0, 0.05) is 22.5 Å². The summed E-state index contributed by atoms with van der Waals surface area (Å²) in [6.07, 6.45) is 3.98. The van der Waals surface area contributed by atoms with Gasteiger partial charge in [-0.25, -0.2) is 4.98 Å². The highest BCUT2D eigenvalue weighted by molar-refractivity contribution is 7.99. The molecule has 0 saturated heterocycles. The Morgan fingerprint density at radius 1 is 1.12 bits per heavy atom. The third kappa shape index (κ3) is 5.88. The maximum atomic E-state index is 13.2. The van der Waals surface area contributed by atoms with Gasteiger partial charge in [0.05, 0.1) is 22.5 Å². The van der Waals surface area contributed by atoms with Crippen LogP contribution in [-0.2, 0) is 17.8 Å². The second-order valence-corrected chi connectivity index (χ2v) is 9.97. The highest BCUT2D eigenvalue weighted by atomic mass is 35.5. The van der Waals surface area contributed by atoms with Crippen LogP contribution in [0.1, 0.15) is 31.0 Å². The minimum atomic E-state index is 0.0714. The summed E-state index contributed by atoms with van der Waals surface area (Å²) in [4.78, 5) is 25.4. The molecular weight excluding hydrogens is 458 g/mol. The van der Waals surface area contributed by atoms with Crippen LogP contribution in [0.25, 0.3) is 10.2 Å². The zero-order chi connectivity index (χ0) is 22.3. The van der Waals surface area contributed by atoms with Crippen LogP contribution in [-0.4, -0.2) is 21.6 Å². The van der Waals surface area contributed by atoms with Crippen molar-refractivity contribution in [2.75, 3.05) is 10.7 Å². The third-order valence-corrected chi connectivity index (χ3v) is 7.44. The van der Waals surface area contributed by atoms with E-state index in [1.165, 1.54) is 5.56 Å². The van der Waals surface area contributed by atoms with E-state index >= 15 is 0 Å². The highest BCUT2D eigenvalue weighted by Gasteiger charge is 2.20. The first kappa shape index (κ1) is 22.8. The maximum absolute atomic E-state index is 13.2. The van der Waals surface area contributed by atoms with Gasteiger partial charge in [0.15, 0.2) is 5.13 Å². The first-order chi connectivity index (χ1) is 15.6. The van der Waals surface area contributed by atoms with Crippen LogP contribution >= 0.6 is 34.7 Å². The summed E-state index contributed by atoms with van der Waals surface area (Å²) < 4.78 is 1.11. The Hall–Kier alpha value is -2.41. The molecule has 32 heavy (non-hydrogen) atoms. The first-order valence-corrected chi connectivity index (χ1v) is 12.8. The highest BCUT2D eigenvalue weighted by Crippen LogP contribution is 2.31. The number of pyridine rings is 1. The number of benzene rings is 2. The molecule has 2 aromatic heterocycles. The summed E-state index contributed by atoms with van der Waals surface area (Å²) in [5.41, 5.74) is 3.05.